The lowest BCUT2D eigenvalue weighted by Crippen LogP contribution is -2.27. The van der Waals surface area contributed by atoms with E-state index in [2.05, 4.69) is 5.32 Å². The average molecular weight is 433 g/mol. The Balaban J connectivity index is 1.91. The van der Waals surface area contributed by atoms with Gasteiger partial charge >= 0.3 is 0 Å². The third kappa shape index (κ3) is 4.26. The van der Waals surface area contributed by atoms with Crippen LogP contribution in [0.25, 0.3) is 0 Å². The molecule has 0 aliphatic rings. The van der Waals surface area contributed by atoms with Gasteiger partial charge in [-0.1, -0.05) is 35.9 Å². The molecule has 0 saturated heterocycles. The van der Waals surface area contributed by atoms with Crippen molar-refractivity contribution in [3.8, 4) is 0 Å². The molecule has 0 aromatic heterocycles. The number of hydrogen-bond donors (Lipinski definition) is 1. The third-order valence-corrected chi connectivity index (χ3v) is 6.64. The number of carbonyl (C=O) groups is 1. The summed E-state index contributed by atoms with van der Waals surface area (Å²) in [4.78, 5) is 12.5. The molecule has 0 saturated carbocycles. The molecule has 0 atom stereocenters. The number of amides is 1. The van der Waals surface area contributed by atoms with E-state index in [-0.39, 0.29) is 16.1 Å². The largest absolute Gasteiger partial charge is 0.322 e. The fourth-order valence-electron chi connectivity index (χ4n) is 2.73. The minimum atomic E-state index is -4.07. The number of nitrogens with one attached hydrogen (secondary N) is 1. The lowest BCUT2D eigenvalue weighted by atomic mass is 10.1. The molecule has 1 N–H and O–H groups in total. The quantitative estimate of drug-likeness (QED) is 0.625. The molecule has 0 aliphatic heterocycles. The molecule has 0 unspecified atom stereocenters. The highest BCUT2D eigenvalue weighted by Crippen LogP contribution is 2.26. The molecular weight excluding hydrogens is 415 g/mol. The Bertz CT molecular complexity index is 1180. The van der Waals surface area contributed by atoms with Gasteiger partial charge in [-0.2, -0.15) is 0 Å². The predicted octanol–water partition coefficient (Wildman–Crippen LogP) is 4.86. The molecule has 3 aromatic rings. The van der Waals surface area contributed by atoms with Gasteiger partial charge in [-0.3, -0.25) is 9.10 Å². The van der Waals surface area contributed by atoms with E-state index < -0.39 is 21.7 Å². The molecule has 0 fully saturated rings. The van der Waals surface area contributed by atoms with Crippen molar-refractivity contribution in [2.24, 2.45) is 0 Å². The van der Waals surface area contributed by atoms with Crippen LogP contribution in [0.4, 0.5) is 15.8 Å². The normalized spacial score (nSPS) is 11.2. The maximum atomic E-state index is 14.0. The first kappa shape index (κ1) is 20.8. The molecule has 0 aliphatic carbocycles. The summed E-state index contributed by atoms with van der Waals surface area (Å²) in [6.45, 7) is 1.77. The summed E-state index contributed by atoms with van der Waals surface area (Å²) in [6, 6.07) is 16.2. The molecule has 1 amide bonds. The SMILES string of the molecule is Cc1c(Cl)cccc1NC(=O)c1cccc(S(=O)(=O)N(C)c2ccccc2F)c1. The number of rotatable bonds is 5. The number of carbonyl (C=O) groups excluding carboxylic acids is 1. The van der Waals surface area contributed by atoms with Crippen molar-refractivity contribution in [3.63, 3.8) is 0 Å². The second kappa shape index (κ2) is 8.23. The van der Waals surface area contributed by atoms with E-state index in [0.29, 0.717) is 16.3 Å². The van der Waals surface area contributed by atoms with E-state index in [1.54, 1.807) is 31.2 Å². The van der Waals surface area contributed by atoms with E-state index in [4.69, 9.17) is 11.6 Å². The maximum absolute atomic E-state index is 14.0. The van der Waals surface area contributed by atoms with E-state index in [1.807, 2.05) is 0 Å². The van der Waals surface area contributed by atoms with Crippen LogP contribution in [-0.4, -0.2) is 21.4 Å². The highest BCUT2D eigenvalue weighted by molar-refractivity contribution is 7.92. The lowest BCUT2D eigenvalue weighted by molar-refractivity contribution is 0.102. The van der Waals surface area contributed by atoms with Gasteiger partial charge in [0.1, 0.15) is 5.82 Å². The van der Waals surface area contributed by atoms with Crippen LogP contribution in [0.5, 0.6) is 0 Å². The highest BCUT2D eigenvalue weighted by Gasteiger charge is 2.24. The lowest BCUT2D eigenvalue weighted by Gasteiger charge is -2.20. The summed E-state index contributed by atoms with van der Waals surface area (Å²) < 4.78 is 40.7. The van der Waals surface area contributed by atoms with Crippen molar-refractivity contribution in [1.82, 2.24) is 0 Å². The van der Waals surface area contributed by atoms with Crippen molar-refractivity contribution in [2.75, 3.05) is 16.7 Å². The number of benzene rings is 3. The fraction of sp³-hybridized carbons (Fsp3) is 0.0952. The zero-order valence-corrected chi connectivity index (χ0v) is 17.3. The Morgan fingerprint density at radius 3 is 2.45 bits per heavy atom. The molecule has 0 spiro atoms. The van der Waals surface area contributed by atoms with Crippen LogP contribution in [0.1, 0.15) is 15.9 Å². The summed E-state index contributed by atoms with van der Waals surface area (Å²) >= 11 is 6.07. The van der Waals surface area contributed by atoms with Crippen molar-refractivity contribution in [1.29, 1.82) is 0 Å². The van der Waals surface area contributed by atoms with Gasteiger partial charge in [-0.15, -0.1) is 0 Å². The summed E-state index contributed by atoms with van der Waals surface area (Å²) in [5, 5.41) is 3.23. The zero-order valence-electron chi connectivity index (χ0n) is 15.7. The van der Waals surface area contributed by atoms with Crippen molar-refractivity contribution >= 4 is 38.9 Å². The summed E-state index contributed by atoms with van der Waals surface area (Å²) in [6.07, 6.45) is 0. The van der Waals surface area contributed by atoms with Gasteiger partial charge < -0.3 is 5.32 Å². The topological polar surface area (TPSA) is 66.5 Å². The van der Waals surface area contributed by atoms with Crippen LogP contribution in [-0.2, 0) is 10.0 Å². The van der Waals surface area contributed by atoms with Crippen molar-refractivity contribution in [3.05, 3.63) is 88.7 Å². The minimum absolute atomic E-state index is 0.0862. The first-order chi connectivity index (χ1) is 13.7. The van der Waals surface area contributed by atoms with Gasteiger partial charge in [-0.25, -0.2) is 12.8 Å². The Kier molecular flexibility index (Phi) is 5.91. The number of para-hydroxylation sites is 1. The molecule has 150 valence electrons. The Labute approximate surface area is 173 Å². The van der Waals surface area contributed by atoms with Crippen LogP contribution in [0.3, 0.4) is 0 Å². The van der Waals surface area contributed by atoms with Crippen molar-refractivity contribution in [2.45, 2.75) is 11.8 Å². The third-order valence-electron chi connectivity index (χ3n) is 4.46. The monoisotopic (exact) mass is 432 g/mol. The predicted molar refractivity (Wildman–Crippen MR) is 113 cm³/mol. The van der Waals surface area contributed by atoms with E-state index >= 15 is 0 Å². The summed E-state index contributed by atoms with van der Waals surface area (Å²) in [5.41, 5.74) is 1.29. The molecule has 3 rings (SSSR count). The van der Waals surface area contributed by atoms with Gasteiger partial charge in [0.2, 0.25) is 0 Å². The van der Waals surface area contributed by atoms with Gasteiger partial charge in [-0.05, 0) is 55.0 Å². The molecule has 3 aromatic carbocycles. The Morgan fingerprint density at radius 1 is 1.03 bits per heavy atom. The molecular formula is C21H18ClFN2O3S. The molecule has 5 nitrogen and oxygen atoms in total. The van der Waals surface area contributed by atoms with Gasteiger partial charge in [0.15, 0.2) is 0 Å². The van der Waals surface area contributed by atoms with Gasteiger partial charge in [0, 0.05) is 23.3 Å². The minimum Gasteiger partial charge on any atom is -0.322 e. The Hall–Kier alpha value is -2.90. The number of hydrogen-bond acceptors (Lipinski definition) is 3. The molecule has 0 bridgehead atoms. The van der Waals surface area contributed by atoms with Crippen LogP contribution >= 0.6 is 11.6 Å². The van der Waals surface area contributed by atoms with E-state index in [0.717, 1.165) is 4.31 Å². The molecule has 0 heterocycles. The number of nitrogens with zero attached hydrogens (tertiary/aromatic N) is 1. The standard InChI is InChI=1S/C21H18ClFN2O3S/c1-14-17(22)9-6-11-19(14)24-21(26)15-7-5-8-16(13-15)29(27,28)25(2)20-12-4-3-10-18(20)23/h3-13H,1-2H3,(H,24,26). The molecule has 8 heteroatoms. The summed E-state index contributed by atoms with van der Waals surface area (Å²) in [7, 11) is -2.81. The first-order valence-electron chi connectivity index (χ1n) is 8.62. The number of sulfonamides is 1. The molecule has 29 heavy (non-hydrogen) atoms. The van der Waals surface area contributed by atoms with Crippen molar-refractivity contribution < 1.29 is 17.6 Å². The Morgan fingerprint density at radius 2 is 1.72 bits per heavy atom. The molecule has 0 radical (unpaired) electrons. The number of halogens is 2. The fourth-order valence-corrected chi connectivity index (χ4v) is 4.15. The van der Waals surface area contributed by atoms with Crippen LogP contribution in [0.15, 0.2) is 71.6 Å². The van der Waals surface area contributed by atoms with Gasteiger partial charge in [0.25, 0.3) is 15.9 Å². The number of anilines is 2. The highest BCUT2D eigenvalue weighted by atomic mass is 35.5. The summed E-state index contributed by atoms with van der Waals surface area (Å²) in [5.74, 6) is -1.15. The smallest absolute Gasteiger partial charge is 0.264 e. The second-order valence-electron chi connectivity index (χ2n) is 6.32. The first-order valence-corrected chi connectivity index (χ1v) is 10.4. The van der Waals surface area contributed by atoms with E-state index in [9.17, 15) is 17.6 Å². The second-order valence-corrected chi connectivity index (χ2v) is 8.69. The van der Waals surface area contributed by atoms with Gasteiger partial charge in [0.05, 0.1) is 10.6 Å². The average Bonchev–Trinajstić information content (AvgIpc) is 2.71. The van der Waals surface area contributed by atoms with Crippen LogP contribution in [0.2, 0.25) is 5.02 Å². The maximum Gasteiger partial charge on any atom is 0.264 e. The van der Waals surface area contributed by atoms with Crippen LogP contribution < -0.4 is 9.62 Å². The van der Waals surface area contributed by atoms with E-state index in [1.165, 1.54) is 49.5 Å². The zero-order chi connectivity index (χ0) is 21.2. The van der Waals surface area contributed by atoms with Crippen LogP contribution in [0, 0.1) is 12.7 Å².